The Labute approximate surface area is 174 Å². The van der Waals surface area contributed by atoms with Crippen LogP contribution in [-0.2, 0) is 27.2 Å². The fourth-order valence-corrected chi connectivity index (χ4v) is 6.31. The van der Waals surface area contributed by atoms with Gasteiger partial charge < -0.3 is 15.2 Å². The molecule has 4 atom stereocenters. The lowest BCUT2D eigenvalue weighted by atomic mass is 9.82. The van der Waals surface area contributed by atoms with E-state index in [1.807, 2.05) is 12.2 Å². The monoisotopic (exact) mass is 417 g/mol. The number of carbonyl (C=O) groups excluding carboxylic acids is 2. The Morgan fingerprint density at radius 1 is 1.10 bits per heavy atom. The lowest BCUT2D eigenvalue weighted by Gasteiger charge is -2.23. The van der Waals surface area contributed by atoms with Crippen LogP contribution < -0.4 is 5.32 Å². The number of rotatable bonds is 5. The van der Waals surface area contributed by atoms with E-state index in [0.29, 0.717) is 17.0 Å². The Bertz CT molecular complexity index is 871. The van der Waals surface area contributed by atoms with Crippen LogP contribution in [0.3, 0.4) is 0 Å². The van der Waals surface area contributed by atoms with Gasteiger partial charge >= 0.3 is 11.9 Å². The van der Waals surface area contributed by atoms with Crippen LogP contribution in [-0.4, -0.2) is 29.1 Å². The summed E-state index contributed by atoms with van der Waals surface area (Å²) in [5.41, 5.74) is 1.47. The predicted molar refractivity (Wildman–Crippen MR) is 110 cm³/mol. The van der Waals surface area contributed by atoms with Crippen molar-refractivity contribution in [2.45, 2.75) is 58.5 Å². The zero-order valence-corrected chi connectivity index (χ0v) is 17.6. The molecule has 0 aromatic carbocycles. The van der Waals surface area contributed by atoms with Crippen molar-refractivity contribution in [1.82, 2.24) is 0 Å². The molecular weight excluding hydrogens is 390 g/mol. The minimum Gasteiger partial charge on any atom is -0.481 e. The number of nitrogens with one attached hydrogen (secondary N) is 1. The van der Waals surface area contributed by atoms with Gasteiger partial charge in [-0.05, 0) is 63.4 Å². The van der Waals surface area contributed by atoms with Crippen molar-refractivity contribution in [3.8, 4) is 0 Å². The Morgan fingerprint density at radius 3 is 2.48 bits per heavy atom. The molecule has 1 aromatic rings. The van der Waals surface area contributed by atoms with E-state index >= 15 is 0 Å². The molecule has 1 saturated carbocycles. The van der Waals surface area contributed by atoms with Gasteiger partial charge in [-0.15, -0.1) is 11.3 Å². The van der Waals surface area contributed by atoms with E-state index < -0.39 is 23.8 Å². The highest BCUT2D eigenvalue weighted by Crippen LogP contribution is 2.49. The van der Waals surface area contributed by atoms with E-state index in [2.05, 4.69) is 5.32 Å². The average Bonchev–Trinajstić information content (AvgIpc) is 3.30. The molecule has 0 aliphatic heterocycles. The smallest absolute Gasteiger partial charge is 0.341 e. The second-order valence-electron chi connectivity index (χ2n) is 8.55. The molecule has 0 unspecified atom stereocenters. The molecule has 7 heteroatoms. The summed E-state index contributed by atoms with van der Waals surface area (Å²) >= 11 is 1.45. The van der Waals surface area contributed by atoms with Crippen LogP contribution in [0.25, 0.3) is 0 Å². The number of carboxylic acid groups (broad SMARTS) is 1. The Morgan fingerprint density at radius 2 is 1.79 bits per heavy atom. The quantitative estimate of drug-likeness (QED) is 0.428. The minimum atomic E-state index is -0.927. The van der Waals surface area contributed by atoms with Gasteiger partial charge in [-0.25, -0.2) is 4.79 Å². The summed E-state index contributed by atoms with van der Waals surface area (Å²) in [6.45, 7) is 3.61. The van der Waals surface area contributed by atoms with Crippen LogP contribution >= 0.6 is 11.3 Å². The fraction of sp³-hybridized carbons (Fsp3) is 0.591. The topological polar surface area (TPSA) is 92.7 Å². The molecule has 0 radical (unpaired) electrons. The maximum atomic E-state index is 13.1. The molecule has 156 valence electrons. The molecule has 2 bridgehead atoms. The van der Waals surface area contributed by atoms with Crippen molar-refractivity contribution in [3.63, 3.8) is 0 Å². The Kier molecular flexibility index (Phi) is 5.51. The highest BCUT2D eigenvalue weighted by molar-refractivity contribution is 7.17. The van der Waals surface area contributed by atoms with Gasteiger partial charge in [0.15, 0.2) is 0 Å². The largest absolute Gasteiger partial charge is 0.481 e. The van der Waals surface area contributed by atoms with Crippen molar-refractivity contribution in [2.75, 3.05) is 5.32 Å². The second-order valence-corrected chi connectivity index (χ2v) is 9.66. The van der Waals surface area contributed by atoms with E-state index in [0.717, 1.165) is 42.5 Å². The van der Waals surface area contributed by atoms with Gasteiger partial charge in [0, 0.05) is 4.88 Å². The van der Waals surface area contributed by atoms with Gasteiger partial charge in [0.25, 0.3) is 0 Å². The second kappa shape index (κ2) is 7.94. The number of carbonyl (C=O) groups is 3. The molecule has 3 aliphatic rings. The van der Waals surface area contributed by atoms with E-state index in [1.165, 1.54) is 11.3 Å². The number of anilines is 1. The third-order valence-corrected chi connectivity index (χ3v) is 7.46. The summed E-state index contributed by atoms with van der Waals surface area (Å²) in [7, 11) is 0. The molecular formula is C22H27NO5S. The number of aryl methyl sites for hydroxylation is 1. The van der Waals surface area contributed by atoms with Gasteiger partial charge in [0.1, 0.15) is 5.00 Å². The van der Waals surface area contributed by atoms with Crippen molar-refractivity contribution < 1.29 is 24.2 Å². The molecule has 1 heterocycles. The van der Waals surface area contributed by atoms with Gasteiger partial charge in [-0.3, -0.25) is 9.59 Å². The first-order valence-electron chi connectivity index (χ1n) is 10.4. The molecule has 0 spiro atoms. The zero-order valence-electron chi connectivity index (χ0n) is 16.8. The summed E-state index contributed by atoms with van der Waals surface area (Å²) in [5, 5.41) is 13.1. The normalized spacial score (nSPS) is 27.6. The van der Waals surface area contributed by atoms with Crippen molar-refractivity contribution in [2.24, 2.45) is 23.7 Å². The average molecular weight is 418 g/mol. The van der Waals surface area contributed by atoms with Crippen molar-refractivity contribution in [1.29, 1.82) is 0 Å². The van der Waals surface area contributed by atoms with Crippen LogP contribution in [0.5, 0.6) is 0 Å². The van der Waals surface area contributed by atoms with Crippen LogP contribution in [0.4, 0.5) is 5.00 Å². The summed E-state index contributed by atoms with van der Waals surface area (Å²) in [5.74, 6) is -3.07. The van der Waals surface area contributed by atoms with Crippen LogP contribution in [0.15, 0.2) is 12.2 Å². The van der Waals surface area contributed by atoms with Gasteiger partial charge in [-0.1, -0.05) is 18.6 Å². The molecule has 6 nitrogen and oxygen atoms in total. The number of esters is 1. The number of aliphatic carboxylic acids is 1. The molecule has 2 N–H and O–H groups in total. The van der Waals surface area contributed by atoms with Crippen LogP contribution in [0.1, 0.15) is 60.3 Å². The number of thiophene rings is 1. The van der Waals surface area contributed by atoms with Gasteiger partial charge in [-0.2, -0.15) is 0 Å². The maximum absolute atomic E-state index is 13.1. The minimum absolute atomic E-state index is 0.0510. The highest BCUT2D eigenvalue weighted by atomic mass is 32.1. The third-order valence-electron chi connectivity index (χ3n) is 6.25. The number of fused-ring (bicyclic) bond motifs is 3. The third kappa shape index (κ3) is 3.72. The zero-order chi connectivity index (χ0) is 20.7. The van der Waals surface area contributed by atoms with Gasteiger partial charge in [0.05, 0.1) is 23.5 Å². The molecule has 3 aliphatic carbocycles. The van der Waals surface area contributed by atoms with E-state index in [9.17, 15) is 19.5 Å². The maximum Gasteiger partial charge on any atom is 0.341 e. The Balaban J connectivity index is 1.64. The van der Waals surface area contributed by atoms with Crippen molar-refractivity contribution >= 4 is 34.2 Å². The molecule has 1 fully saturated rings. The first-order valence-corrected chi connectivity index (χ1v) is 11.3. The molecule has 4 rings (SSSR count). The number of carboxylic acids is 1. The first-order chi connectivity index (χ1) is 13.9. The number of hydrogen-bond donors (Lipinski definition) is 2. The van der Waals surface area contributed by atoms with Gasteiger partial charge in [0.2, 0.25) is 5.91 Å². The first kappa shape index (κ1) is 20.1. The predicted octanol–water partition coefficient (Wildman–Crippen LogP) is 4.04. The molecule has 1 amide bonds. The number of allylic oxidation sites excluding steroid dienone is 2. The highest BCUT2D eigenvalue weighted by Gasteiger charge is 2.51. The number of amides is 1. The standard InChI is InChI=1S/C22H27NO5S/c1-11(2)28-22(27)18-14-6-4-3-5-7-15(14)29-20(18)23-19(24)16-12-8-9-13(10-12)17(16)21(25)26/h8-9,11-13,16-17H,3-7,10H2,1-2H3,(H,23,24)(H,25,26)/t12-,13-,16-,17+/m0/s1. The summed E-state index contributed by atoms with van der Waals surface area (Å²) in [4.78, 5) is 38.9. The molecule has 29 heavy (non-hydrogen) atoms. The summed E-state index contributed by atoms with van der Waals surface area (Å²) < 4.78 is 5.47. The van der Waals surface area contributed by atoms with Crippen LogP contribution in [0.2, 0.25) is 0 Å². The lowest BCUT2D eigenvalue weighted by molar-refractivity contribution is -0.146. The molecule has 1 aromatic heterocycles. The van der Waals surface area contributed by atoms with Crippen LogP contribution in [0, 0.1) is 23.7 Å². The van der Waals surface area contributed by atoms with Crippen molar-refractivity contribution in [3.05, 3.63) is 28.2 Å². The summed E-state index contributed by atoms with van der Waals surface area (Å²) in [6, 6.07) is 0. The SMILES string of the molecule is CC(C)OC(=O)c1c(NC(=O)[C@@H]2[C@H](C(=O)O)[C@H]3C=C[C@H]2C3)sc2c1CCCCC2. The number of hydrogen-bond acceptors (Lipinski definition) is 5. The Hall–Kier alpha value is -2.15. The lowest BCUT2D eigenvalue weighted by Crippen LogP contribution is -2.36. The summed E-state index contributed by atoms with van der Waals surface area (Å²) in [6.07, 6.45) is 9.25. The van der Waals surface area contributed by atoms with E-state index in [-0.39, 0.29) is 23.8 Å². The van der Waals surface area contributed by atoms with E-state index in [1.54, 1.807) is 13.8 Å². The number of ether oxygens (including phenoxy) is 1. The van der Waals surface area contributed by atoms with E-state index in [4.69, 9.17) is 4.74 Å². The fourth-order valence-electron chi connectivity index (χ4n) is 5.03. The molecule has 0 saturated heterocycles.